The van der Waals surface area contributed by atoms with E-state index in [9.17, 15) is 26.3 Å². The van der Waals surface area contributed by atoms with Crippen LogP contribution in [-0.4, -0.2) is 42.8 Å². The first-order chi connectivity index (χ1) is 18.9. The molecule has 3 fully saturated rings. The topological polar surface area (TPSA) is 31.4 Å². The van der Waals surface area contributed by atoms with E-state index in [0.717, 1.165) is 17.4 Å². The normalized spacial score (nSPS) is 25.0. The van der Waals surface area contributed by atoms with Crippen LogP contribution in [0, 0.1) is 11.8 Å². The van der Waals surface area contributed by atoms with Crippen molar-refractivity contribution in [1.29, 1.82) is 0 Å². The Morgan fingerprint density at radius 3 is 2.44 bits per heavy atom. The number of quaternary nitrogens is 1. The third-order valence-corrected chi connectivity index (χ3v) is 8.79. The Balaban J connectivity index is 0.00000387. The number of fused-ring (bicyclic) bond motifs is 4. The largest absolute Gasteiger partial charge is 1.00 e. The maximum atomic E-state index is 14.1. The molecule has 0 amide bonds. The average Bonchev–Trinajstić information content (AvgIpc) is 2.92. The number of ether oxygens (including phenoxy) is 2. The van der Waals surface area contributed by atoms with Gasteiger partial charge in [0.25, 0.3) is 0 Å². The smallest absolute Gasteiger partial charge is 0.416 e. The van der Waals surface area contributed by atoms with E-state index in [1.165, 1.54) is 0 Å². The van der Waals surface area contributed by atoms with E-state index < -0.39 is 29.6 Å². The van der Waals surface area contributed by atoms with Crippen LogP contribution >= 0.6 is 0 Å². The lowest BCUT2D eigenvalue weighted by Gasteiger charge is -2.58. The molecule has 2 bridgehead atoms. The number of methoxy groups -OCH3 is 2. The molecule has 4 nitrogen and oxygen atoms in total. The maximum absolute atomic E-state index is 14.1. The molecule has 3 aromatic rings. The summed E-state index contributed by atoms with van der Waals surface area (Å²) in [5.41, 5.74) is -0.956. The van der Waals surface area contributed by atoms with Crippen LogP contribution in [0.5, 0.6) is 5.75 Å². The fourth-order valence-corrected chi connectivity index (χ4v) is 6.89. The average molecular weight is 645 g/mol. The molecule has 6 rings (SSSR count). The molecule has 2 aromatic carbocycles. The Labute approximate surface area is 245 Å². The first-order valence-corrected chi connectivity index (χ1v) is 13.1. The Hall–Kier alpha value is -2.63. The maximum Gasteiger partial charge on any atom is 0.416 e. The Morgan fingerprint density at radius 2 is 1.80 bits per heavy atom. The third-order valence-electron chi connectivity index (χ3n) is 8.79. The van der Waals surface area contributed by atoms with E-state index in [1.54, 1.807) is 26.5 Å². The molecule has 1 unspecified atom stereocenters. The number of pyridine rings is 1. The standard InChI is InChI=1S/C30H31F6N2O2.BrH/c1-4-18-16-38(17-20-13-21(29(31,32)33)5-7-25(20)30(34,35)36)12-10-19(18)14-27(38)28(40-3)23-9-11-37-26-8-6-22(39-2)15-24(23)26;/h4-9,11,13,15,18-19,27-28H,1,10,12,14,16-17H2,2-3H3;1H/q+1;/p-1/t18-,19-,27-,28-,38?;/m0./s1. The van der Waals surface area contributed by atoms with Crippen LogP contribution in [0.4, 0.5) is 26.3 Å². The van der Waals surface area contributed by atoms with Crippen molar-refractivity contribution in [1.82, 2.24) is 4.98 Å². The molecule has 4 heterocycles. The van der Waals surface area contributed by atoms with Gasteiger partial charge in [0.1, 0.15) is 24.4 Å². The Morgan fingerprint density at radius 1 is 1.05 bits per heavy atom. The van der Waals surface area contributed by atoms with E-state index in [-0.39, 0.29) is 51.5 Å². The number of hydrogen-bond acceptors (Lipinski definition) is 3. The minimum atomic E-state index is -4.79. The number of alkyl halides is 6. The van der Waals surface area contributed by atoms with E-state index in [1.807, 2.05) is 24.3 Å². The van der Waals surface area contributed by atoms with Crippen molar-refractivity contribution < 1.29 is 57.3 Å². The summed E-state index contributed by atoms with van der Waals surface area (Å²) in [6.07, 6.45) is -5.21. The summed E-state index contributed by atoms with van der Waals surface area (Å²) >= 11 is 0. The van der Waals surface area contributed by atoms with Crippen LogP contribution in [0.25, 0.3) is 10.9 Å². The monoisotopic (exact) mass is 644 g/mol. The van der Waals surface area contributed by atoms with E-state index in [2.05, 4.69) is 11.6 Å². The van der Waals surface area contributed by atoms with Crippen LogP contribution in [0.1, 0.15) is 41.2 Å². The molecule has 5 atom stereocenters. The van der Waals surface area contributed by atoms with Crippen molar-refractivity contribution in [2.24, 2.45) is 11.8 Å². The quantitative estimate of drug-likeness (QED) is 0.214. The fourth-order valence-electron chi connectivity index (χ4n) is 6.89. The number of benzene rings is 2. The molecular weight excluding hydrogens is 614 g/mol. The molecule has 0 N–H and O–H groups in total. The number of piperidine rings is 3. The lowest BCUT2D eigenvalue weighted by atomic mass is 9.71. The predicted molar refractivity (Wildman–Crippen MR) is 138 cm³/mol. The van der Waals surface area contributed by atoms with Crippen molar-refractivity contribution in [2.75, 3.05) is 27.3 Å². The highest BCUT2D eigenvalue weighted by molar-refractivity contribution is 5.84. The van der Waals surface area contributed by atoms with Crippen LogP contribution < -0.4 is 21.7 Å². The summed E-state index contributed by atoms with van der Waals surface area (Å²) in [5, 5.41) is 0.796. The van der Waals surface area contributed by atoms with Gasteiger partial charge in [-0.1, -0.05) is 6.08 Å². The van der Waals surface area contributed by atoms with Gasteiger partial charge in [0.15, 0.2) is 0 Å². The first kappa shape index (κ1) is 31.3. The number of hydrogen-bond donors (Lipinski definition) is 0. The van der Waals surface area contributed by atoms with Crippen molar-refractivity contribution >= 4 is 10.9 Å². The van der Waals surface area contributed by atoms with Crippen LogP contribution in [0.3, 0.4) is 0 Å². The molecule has 3 aliphatic rings. The SMILES string of the molecule is C=C[C@H]1C[N+]2(Cc3cc(C(F)(F)F)ccc3C(F)(F)F)CC[C@H]1C[C@H]2[C@@H](OC)c1ccnc2ccc(OC)cc12.[Br-]. The molecule has 222 valence electrons. The van der Waals surface area contributed by atoms with Crippen molar-refractivity contribution in [3.63, 3.8) is 0 Å². The van der Waals surface area contributed by atoms with Crippen molar-refractivity contribution in [3.8, 4) is 5.75 Å². The summed E-state index contributed by atoms with van der Waals surface area (Å²) in [5.74, 6) is 0.916. The first-order valence-electron chi connectivity index (χ1n) is 13.1. The van der Waals surface area contributed by atoms with Gasteiger partial charge in [0.2, 0.25) is 0 Å². The lowest BCUT2D eigenvalue weighted by molar-refractivity contribution is -0.985. The number of nitrogens with zero attached hydrogens (tertiary/aromatic N) is 2. The van der Waals surface area contributed by atoms with Crippen LogP contribution in [0.2, 0.25) is 0 Å². The zero-order valence-electron chi connectivity index (χ0n) is 22.6. The zero-order chi connectivity index (χ0) is 28.9. The van der Waals surface area contributed by atoms with Crippen molar-refractivity contribution in [2.45, 2.75) is 43.9 Å². The van der Waals surface area contributed by atoms with Gasteiger partial charge < -0.3 is 30.9 Å². The zero-order valence-corrected chi connectivity index (χ0v) is 24.2. The molecule has 1 aromatic heterocycles. The highest BCUT2D eigenvalue weighted by Crippen LogP contribution is 2.50. The van der Waals surface area contributed by atoms with Gasteiger partial charge in [-0.2, -0.15) is 26.3 Å². The Bertz CT molecular complexity index is 1410. The van der Waals surface area contributed by atoms with Crippen LogP contribution in [0.15, 0.2) is 61.3 Å². The summed E-state index contributed by atoms with van der Waals surface area (Å²) in [7, 11) is 3.12. The molecular formula is C30H31BrF6N2O2. The van der Waals surface area contributed by atoms with Gasteiger partial charge in [-0.15, -0.1) is 6.58 Å². The Kier molecular flexibility index (Phi) is 8.83. The molecule has 11 heteroatoms. The van der Waals surface area contributed by atoms with E-state index in [4.69, 9.17) is 9.47 Å². The van der Waals surface area contributed by atoms with Gasteiger partial charge in [0.05, 0.1) is 36.8 Å². The number of rotatable bonds is 7. The predicted octanol–water partition coefficient (Wildman–Crippen LogP) is 4.58. The highest BCUT2D eigenvalue weighted by atomic mass is 79.9. The third kappa shape index (κ3) is 5.85. The molecule has 0 aliphatic carbocycles. The second-order valence-electron chi connectivity index (χ2n) is 10.8. The molecule has 41 heavy (non-hydrogen) atoms. The van der Waals surface area contributed by atoms with Gasteiger partial charge in [0, 0.05) is 43.0 Å². The molecule has 0 radical (unpaired) electrons. The minimum Gasteiger partial charge on any atom is -1.00 e. The van der Waals surface area contributed by atoms with E-state index >= 15 is 0 Å². The minimum absolute atomic E-state index is 0. The second-order valence-corrected chi connectivity index (χ2v) is 10.8. The molecule has 3 saturated heterocycles. The van der Waals surface area contributed by atoms with Crippen molar-refractivity contribution in [3.05, 3.63) is 83.6 Å². The lowest BCUT2D eigenvalue weighted by Crippen LogP contribution is -3.00. The van der Waals surface area contributed by atoms with Gasteiger partial charge in [-0.05, 0) is 53.9 Å². The van der Waals surface area contributed by atoms with Gasteiger partial charge >= 0.3 is 12.4 Å². The summed E-state index contributed by atoms with van der Waals surface area (Å²) in [4.78, 5) is 4.45. The second kappa shape index (κ2) is 11.6. The summed E-state index contributed by atoms with van der Waals surface area (Å²) < 4.78 is 94.9. The highest BCUT2D eigenvalue weighted by Gasteiger charge is 2.55. The molecule has 0 saturated carbocycles. The summed E-state index contributed by atoms with van der Waals surface area (Å²) in [6.45, 7) is 4.76. The van der Waals surface area contributed by atoms with Gasteiger partial charge in [-0.25, -0.2) is 0 Å². The number of halogens is 7. The summed E-state index contributed by atoms with van der Waals surface area (Å²) in [6, 6.07) is 8.75. The molecule has 3 aliphatic heterocycles. The van der Waals surface area contributed by atoms with Crippen LogP contribution in [-0.2, 0) is 23.6 Å². The van der Waals surface area contributed by atoms with E-state index in [0.29, 0.717) is 49.0 Å². The number of aromatic nitrogens is 1. The fraction of sp³-hybridized carbons (Fsp3) is 0.433. The van der Waals surface area contributed by atoms with Gasteiger partial charge in [-0.3, -0.25) is 4.98 Å². The molecule has 0 spiro atoms.